The lowest BCUT2D eigenvalue weighted by atomic mass is 10.0. The van der Waals surface area contributed by atoms with Crippen molar-refractivity contribution in [1.29, 1.82) is 0 Å². The molecule has 0 radical (unpaired) electrons. The van der Waals surface area contributed by atoms with Crippen molar-refractivity contribution in [2.75, 3.05) is 20.2 Å². The molecular weight excluding hydrogens is 260 g/mol. The van der Waals surface area contributed by atoms with Gasteiger partial charge in [-0.3, -0.25) is 0 Å². The molecular formula is C18H30N2O. The standard InChI is InChI=1S/C18H30N2O/c1-15(2)19-14-16-7-6-9-18(13-16)21-12-10-17-8-4-5-11-20(17)3/h6-7,9,13,15,17,19H,4-5,8,10-12,14H2,1-3H3. The van der Waals surface area contributed by atoms with Crippen LogP contribution >= 0.6 is 0 Å². The molecule has 3 heteroatoms. The second-order valence-electron chi connectivity index (χ2n) is 6.45. The molecule has 0 saturated carbocycles. The molecule has 1 aliphatic rings. The Morgan fingerprint density at radius 3 is 2.95 bits per heavy atom. The predicted molar refractivity (Wildman–Crippen MR) is 88.8 cm³/mol. The van der Waals surface area contributed by atoms with Crippen LogP contribution in [0.2, 0.25) is 0 Å². The first kappa shape index (κ1) is 16.3. The molecule has 1 aromatic rings. The zero-order chi connectivity index (χ0) is 15.1. The molecule has 0 aliphatic carbocycles. The number of rotatable bonds is 7. The Kier molecular flexibility index (Phi) is 6.52. The van der Waals surface area contributed by atoms with Gasteiger partial charge in [0.2, 0.25) is 0 Å². The topological polar surface area (TPSA) is 24.5 Å². The van der Waals surface area contributed by atoms with E-state index in [0.717, 1.165) is 25.3 Å². The number of hydrogen-bond acceptors (Lipinski definition) is 3. The maximum absolute atomic E-state index is 5.95. The van der Waals surface area contributed by atoms with E-state index in [1.165, 1.54) is 31.4 Å². The van der Waals surface area contributed by atoms with Crippen molar-refractivity contribution < 1.29 is 4.74 Å². The van der Waals surface area contributed by atoms with Crippen LogP contribution in [0.15, 0.2) is 24.3 Å². The van der Waals surface area contributed by atoms with E-state index in [9.17, 15) is 0 Å². The van der Waals surface area contributed by atoms with Crippen LogP contribution in [0, 0.1) is 0 Å². The fourth-order valence-corrected chi connectivity index (χ4v) is 2.89. The van der Waals surface area contributed by atoms with Crippen LogP contribution in [0.3, 0.4) is 0 Å². The molecule has 0 amide bonds. The van der Waals surface area contributed by atoms with E-state index in [0.29, 0.717) is 12.1 Å². The van der Waals surface area contributed by atoms with Crippen molar-refractivity contribution in [2.24, 2.45) is 0 Å². The SMILES string of the molecule is CC(C)NCc1cccc(OCCC2CCCCN2C)c1. The first-order valence-electron chi connectivity index (χ1n) is 8.30. The Morgan fingerprint density at radius 2 is 2.19 bits per heavy atom. The number of piperidine rings is 1. The molecule has 2 rings (SSSR count). The summed E-state index contributed by atoms with van der Waals surface area (Å²) >= 11 is 0. The summed E-state index contributed by atoms with van der Waals surface area (Å²) < 4.78 is 5.95. The Balaban J connectivity index is 1.76. The van der Waals surface area contributed by atoms with Gasteiger partial charge < -0.3 is 15.0 Å². The second-order valence-corrected chi connectivity index (χ2v) is 6.45. The molecule has 118 valence electrons. The third-order valence-electron chi connectivity index (χ3n) is 4.25. The van der Waals surface area contributed by atoms with Crippen molar-refractivity contribution in [3.8, 4) is 5.75 Å². The van der Waals surface area contributed by atoms with Crippen LogP contribution in [0.4, 0.5) is 0 Å². The van der Waals surface area contributed by atoms with Crippen LogP contribution in [-0.2, 0) is 6.54 Å². The van der Waals surface area contributed by atoms with Crippen LogP contribution in [0.25, 0.3) is 0 Å². The van der Waals surface area contributed by atoms with Crippen molar-refractivity contribution in [1.82, 2.24) is 10.2 Å². The molecule has 1 atom stereocenters. The quantitative estimate of drug-likeness (QED) is 0.832. The smallest absolute Gasteiger partial charge is 0.119 e. The number of nitrogens with one attached hydrogen (secondary N) is 1. The van der Waals surface area contributed by atoms with E-state index in [2.05, 4.69) is 55.4 Å². The molecule has 3 nitrogen and oxygen atoms in total. The maximum Gasteiger partial charge on any atom is 0.119 e. The van der Waals surface area contributed by atoms with E-state index < -0.39 is 0 Å². The van der Waals surface area contributed by atoms with Crippen molar-refractivity contribution in [3.63, 3.8) is 0 Å². The highest BCUT2D eigenvalue weighted by atomic mass is 16.5. The van der Waals surface area contributed by atoms with Gasteiger partial charge in [-0.2, -0.15) is 0 Å². The minimum Gasteiger partial charge on any atom is -0.494 e. The Labute approximate surface area is 129 Å². The van der Waals surface area contributed by atoms with Crippen molar-refractivity contribution in [2.45, 2.75) is 58.2 Å². The highest BCUT2D eigenvalue weighted by Crippen LogP contribution is 2.19. The third-order valence-corrected chi connectivity index (χ3v) is 4.25. The summed E-state index contributed by atoms with van der Waals surface area (Å²) in [6.45, 7) is 7.29. The monoisotopic (exact) mass is 290 g/mol. The molecule has 1 unspecified atom stereocenters. The van der Waals surface area contributed by atoms with Gasteiger partial charge in [0.05, 0.1) is 6.61 Å². The molecule has 0 bridgehead atoms. The van der Waals surface area contributed by atoms with Gasteiger partial charge in [-0.25, -0.2) is 0 Å². The van der Waals surface area contributed by atoms with E-state index in [4.69, 9.17) is 4.74 Å². The zero-order valence-corrected chi connectivity index (χ0v) is 13.8. The first-order chi connectivity index (χ1) is 10.1. The van der Waals surface area contributed by atoms with E-state index in [-0.39, 0.29) is 0 Å². The average Bonchev–Trinajstić information content (AvgIpc) is 2.48. The van der Waals surface area contributed by atoms with Crippen LogP contribution in [0.1, 0.15) is 45.1 Å². The van der Waals surface area contributed by atoms with Crippen LogP contribution < -0.4 is 10.1 Å². The molecule has 1 saturated heterocycles. The zero-order valence-electron chi connectivity index (χ0n) is 13.8. The number of hydrogen-bond donors (Lipinski definition) is 1. The minimum absolute atomic E-state index is 0.511. The first-order valence-corrected chi connectivity index (χ1v) is 8.30. The molecule has 1 aromatic carbocycles. The van der Waals surface area contributed by atoms with Gasteiger partial charge in [-0.1, -0.05) is 32.4 Å². The summed E-state index contributed by atoms with van der Waals surface area (Å²) in [5, 5.41) is 3.44. The fraction of sp³-hybridized carbons (Fsp3) is 0.667. The summed E-state index contributed by atoms with van der Waals surface area (Å²) in [5.74, 6) is 0.997. The van der Waals surface area contributed by atoms with E-state index in [1.807, 2.05) is 0 Å². The molecule has 0 aromatic heterocycles. The average molecular weight is 290 g/mol. The third kappa shape index (κ3) is 5.68. The fourth-order valence-electron chi connectivity index (χ4n) is 2.89. The van der Waals surface area contributed by atoms with Gasteiger partial charge in [-0.05, 0) is 50.6 Å². The summed E-state index contributed by atoms with van der Waals surface area (Å²) in [6, 6.07) is 9.65. The van der Waals surface area contributed by atoms with Crippen LogP contribution in [0.5, 0.6) is 5.75 Å². The summed E-state index contributed by atoms with van der Waals surface area (Å²) in [7, 11) is 2.24. The molecule has 1 aliphatic heterocycles. The lowest BCUT2D eigenvalue weighted by Gasteiger charge is -2.32. The van der Waals surface area contributed by atoms with Gasteiger partial charge in [0.25, 0.3) is 0 Å². The summed E-state index contributed by atoms with van der Waals surface area (Å²) in [6.07, 6.45) is 5.16. The summed E-state index contributed by atoms with van der Waals surface area (Å²) in [5.41, 5.74) is 1.29. The van der Waals surface area contributed by atoms with E-state index in [1.54, 1.807) is 0 Å². The van der Waals surface area contributed by atoms with Crippen molar-refractivity contribution in [3.05, 3.63) is 29.8 Å². The normalized spacial score (nSPS) is 19.9. The Morgan fingerprint density at radius 1 is 1.33 bits per heavy atom. The number of benzene rings is 1. The molecule has 1 fully saturated rings. The number of nitrogens with zero attached hydrogens (tertiary/aromatic N) is 1. The van der Waals surface area contributed by atoms with Gasteiger partial charge in [0.15, 0.2) is 0 Å². The van der Waals surface area contributed by atoms with Gasteiger partial charge in [0, 0.05) is 18.6 Å². The number of ether oxygens (including phenoxy) is 1. The molecule has 21 heavy (non-hydrogen) atoms. The predicted octanol–water partition coefficient (Wildman–Crippen LogP) is 3.44. The Bertz CT molecular complexity index is 419. The lowest BCUT2D eigenvalue weighted by Crippen LogP contribution is -2.37. The molecule has 1 heterocycles. The highest BCUT2D eigenvalue weighted by Gasteiger charge is 2.18. The largest absolute Gasteiger partial charge is 0.494 e. The lowest BCUT2D eigenvalue weighted by molar-refractivity contribution is 0.153. The van der Waals surface area contributed by atoms with Gasteiger partial charge in [-0.15, -0.1) is 0 Å². The van der Waals surface area contributed by atoms with Crippen molar-refractivity contribution >= 4 is 0 Å². The number of likely N-dealkylation sites (tertiary alicyclic amines) is 1. The van der Waals surface area contributed by atoms with Gasteiger partial charge >= 0.3 is 0 Å². The maximum atomic E-state index is 5.95. The van der Waals surface area contributed by atoms with E-state index >= 15 is 0 Å². The van der Waals surface area contributed by atoms with Crippen LogP contribution in [-0.4, -0.2) is 37.2 Å². The second kappa shape index (κ2) is 8.40. The van der Waals surface area contributed by atoms with Gasteiger partial charge in [0.1, 0.15) is 5.75 Å². The summed E-state index contributed by atoms with van der Waals surface area (Å²) in [4.78, 5) is 2.48. The molecule has 0 spiro atoms. The highest BCUT2D eigenvalue weighted by molar-refractivity contribution is 5.28. The minimum atomic E-state index is 0.511. The molecule has 1 N–H and O–H groups in total. The Hall–Kier alpha value is -1.06.